The molecule has 110 valence electrons. The molecule has 0 spiro atoms. The average Bonchev–Trinajstić information content (AvgIpc) is 2.49. The second-order valence-electron chi connectivity index (χ2n) is 4.88. The van der Waals surface area contributed by atoms with E-state index in [1.807, 2.05) is 19.1 Å². The molecule has 0 saturated heterocycles. The van der Waals surface area contributed by atoms with Gasteiger partial charge in [0.25, 0.3) is 0 Å². The molecule has 21 heavy (non-hydrogen) atoms. The van der Waals surface area contributed by atoms with Gasteiger partial charge >= 0.3 is 7.12 Å². The van der Waals surface area contributed by atoms with Crippen LogP contribution in [0.4, 0.5) is 4.39 Å². The molecule has 0 aliphatic heterocycles. The Morgan fingerprint density at radius 3 is 2.43 bits per heavy atom. The first-order valence-corrected chi connectivity index (χ1v) is 6.86. The molecular formula is C15H18BFN2O2. The van der Waals surface area contributed by atoms with E-state index in [4.69, 9.17) is 10.0 Å². The normalized spacial score (nSPS) is 10.9. The smallest absolute Gasteiger partial charge is 0.423 e. The van der Waals surface area contributed by atoms with Crippen LogP contribution in [0.5, 0.6) is 0 Å². The molecule has 1 aromatic heterocycles. The SMILES string of the molecule is CCN(Cc1ccncc1)Cc1ccc(B(O)O)cc1F. The second-order valence-corrected chi connectivity index (χ2v) is 4.88. The molecule has 0 unspecified atom stereocenters. The Kier molecular flexibility index (Phi) is 5.44. The molecule has 0 atom stereocenters. The lowest BCUT2D eigenvalue weighted by molar-refractivity contribution is 0.267. The van der Waals surface area contributed by atoms with Gasteiger partial charge in [0, 0.05) is 31.0 Å². The average molecular weight is 288 g/mol. The Labute approximate surface area is 124 Å². The molecule has 2 N–H and O–H groups in total. The van der Waals surface area contributed by atoms with Gasteiger partial charge in [0.2, 0.25) is 0 Å². The molecule has 0 fully saturated rings. The lowest BCUT2D eigenvalue weighted by Crippen LogP contribution is -2.30. The molecule has 0 amide bonds. The second kappa shape index (κ2) is 7.31. The highest BCUT2D eigenvalue weighted by Crippen LogP contribution is 2.12. The largest absolute Gasteiger partial charge is 0.488 e. The lowest BCUT2D eigenvalue weighted by Gasteiger charge is -2.21. The van der Waals surface area contributed by atoms with Crippen LogP contribution in [0.15, 0.2) is 42.7 Å². The van der Waals surface area contributed by atoms with Gasteiger partial charge in [-0.1, -0.05) is 19.1 Å². The third-order valence-corrected chi connectivity index (χ3v) is 3.37. The van der Waals surface area contributed by atoms with Crippen molar-refractivity contribution in [2.75, 3.05) is 6.54 Å². The van der Waals surface area contributed by atoms with Crippen molar-refractivity contribution >= 4 is 12.6 Å². The molecule has 2 aromatic rings. The highest BCUT2D eigenvalue weighted by atomic mass is 19.1. The Morgan fingerprint density at radius 2 is 1.86 bits per heavy atom. The van der Waals surface area contributed by atoms with E-state index in [9.17, 15) is 4.39 Å². The van der Waals surface area contributed by atoms with Gasteiger partial charge in [0.05, 0.1) is 0 Å². The van der Waals surface area contributed by atoms with Crippen LogP contribution in [0.1, 0.15) is 18.1 Å². The van der Waals surface area contributed by atoms with Crippen molar-refractivity contribution in [3.8, 4) is 0 Å². The van der Waals surface area contributed by atoms with Crippen molar-refractivity contribution in [2.24, 2.45) is 0 Å². The maximum Gasteiger partial charge on any atom is 0.488 e. The minimum absolute atomic E-state index is 0.161. The zero-order valence-electron chi connectivity index (χ0n) is 11.9. The highest BCUT2D eigenvalue weighted by Gasteiger charge is 2.15. The fourth-order valence-corrected chi connectivity index (χ4v) is 2.12. The molecule has 1 heterocycles. The van der Waals surface area contributed by atoms with Crippen LogP contribution in [0.25, 0.3) is 0 Å². The van der Waals surface area contributed by atoms with E-state index in [-0.39, 0.29) is 5.46 Å². The van der Waals surface area contributed by atoms with Gasteiger partial charge in [0.15, 0.2) is 0 Å². The van der Waals surface area contributed by atoms with Crippen molar-refractivity contribution in [2.45, 2.75) is 20.0 Å². The van der Waals surface area contributed by atoms with Crippen LogP contribution in [0.3, 0.4) is 0 Å². The van der Waals surface area contributed by atoms with Gasteiger partial charge in [-0.3, -0.25) is 9.88 Å². The molecule has 0 aliphatic carbocycles. The molecule has 1 aromatic carbocycles. The minimum atomic E-state index is -1.65. The number of hydrogen-bond donors (Lipinski definition) is 2. The highest BCUT2D eigenvalue weighted by molar-refractivity contribution is 6.58. The number of hydrogen-bond acceptors (Lipinski definition) is 4. The summed E-state index contributed by atoms with van der Waals surface area (Å²) in [4.78, 5) is 6.08. The van der Waals surface area contributed by atoms with Crippen LogP contribution < -0.4 is 5.46 Å². The first kappa shape index (κ1) is 15.6. The van der Waals surface area contributed by atoms with Crippen molar-refractivity contribution in [1.82, 2.24) is 9.88 Å². The summed E-state index contributed by atoms with van der Waals surface area (Å²) < 4.78 is 14.0. The summed E-state index contributed by atoms with van der Waals surface area (Å²) in [5.74, 6) is -0.422. The van der Waals surface area contributed by atoms with Crippen LogP contribution >= 0.6 is 0 Å². The van der Waals surface area contributed by atoms with Gasteiger partial charge in [-0.25, -0.2) is 4.39 Å². The lowest BCUT2D eigenvalue weighted by atomic mass is 9.80. The first-order valence-electron chi connectivity index (χ1n) is 6.86. The third-order valence-electron chi connectivity index (χ3n) is 3.37. The summed E-state index contributed by atoms with van der Waals surface area (Å²) >= 11 is 0. The molecule has 6 heteroatoms. The Morgan fingerprint density at radius 1 is 1.14 bits per heavy atom. The maximum absolute atomic E-state index is 14.0. The minimum Gasteiger partial charge on any atom is -0.423 e. The van der Waals surface area contributed by atoms with Crippen molar-refractivity contribution < 1.29 is 14.4 Å². The van der Waals surface area contributed by atoms with E-state index in [2.05, 4.69) is 9.88 Å². The Balaban J connectivity index is 2.08. The first-order chi connectivity index (χ1) is 10.1. The summed E-state index contributed by atoms with van der Waals surface area (Å²) in [6.07, 6.45) is 3.47. The molecule has 0 aliphatic rings. The Bertz CT molecular complexity index is 581. The van der Waals surface area contributed by atoms with E-state index in [0.717, 1.165) is 12.1 Å². The van der Waals surface area contributed by atoms with E-state index >= 15 is 0 Å². The fraction of sp³-hybridized carbons (Fsp3) is 0.267. The number of halogens is 1. The molecule has 0 radical (unpaired) electrons. The summed E-state index contributed by atoms with van der Waals surface area (Å²) in [5.41, 5.74) is 1.82. The van der Waals surface area contributed by atoms with Crippen LogP contribution in [-0.4, -0.2) is 33.6 Å². The van der Waals surface area contributed by atoms with Crippen LogP contribution in [0.2, 0.25) is 0 Å². The van der Waals surface area contributed by atoms with E-state index in [0.29, 0.717) is 18.7 Å². The van der Waals surface area contributed by atoms with E-state index in [1.165, 1.54) is 12.1 Å². The summed E-state index contributed by atoms with van der Waals surface area (Å²) in [7, 11) is -1.65. The molecule has 0 bridgehead atoms. The van der Waals surface area contributed by atoms with E-state index < -0.39 is 12.9 Å². The van der Waals surface area contributed by atoms with Crippen molar-refractivity contribution in [1.29, 1.82) is 0 Å². The van der Waals surface area contributed by atoms with Crippen molar-refractivity contribution in [3.63, 3.8) is 0 Å². The molecule has 4 nitrogen and oxygen atoms in total. The zero-order chi connectivity index (χ0) is 15.2. The molecular weight excluding hydrogens is 270 g/mol. The summed E-state index contributed by atoms with van der Waals surface area (Å²) in [6, 6.07) is 8.16. The topological polar surface area (TPSA) is 56.6 Å². The molecule has 0 saturated carbocycles. The summed E-state index contributed by atoms with van der Waals surface area (Å²) in [5, 5.41) is 18.1. The van der Waals surface area contributed by atoms with Crippen LogP contribution in [-0.2, 0) is 13.1 Å². The monoisotopic (exact) mass is 288 g/mol. The maximum atomic E-state index is 14.0. The van der Waals surface area contributed by atoms with Gasteiger partial charge in [-0.15, -0.1) is 0 Å². The quantitative estimate of drug-likeness (QED) is 0.776. The molecule has 2 rings (SSSR count). The Hall–Kier alpha value is -1.76. The van der Waals surface area contributed by atoms with Gasteiger partial charge in [0.1, 0.15) is 5.82 Å². The summed E-state index contributed by atoms with van der Waals surface area (Å²) in [6.45, 7) is 3.98. The van der Waals surface area contributed by atoms with E-state index in [1.54, 1.807) is 18.5 Å². The van der Waals surface area contributed by atoms with Gasteiger partial charge in [-0.05, 0) is 35.8 Å². The fourth-order valence-electron chi connectivity index (χ4n) is 2.12. The number of pyridine rings is 1. The van der Waals surface area contributed by atoms with Gasteiger partial charge < -0.3 is 10.0 Å². The standard InChI is InChI=1S/C15H18BFN2O2/c1-2-19(10-12-5-7-18-8-6-12)11-13-3-4-14(16(20)21)9-15(13)17/h3-9,20-21H,2,10-11H2,1H3. The number of nitrogens with zero attached hydrogens (tertiary/aromatic N) is 2. The number of aromatic nitrogens is 1. The number of rotatable bonds is 6. The number of benzene rings is 1. The third kappa shape index (κ3) is 4.36. The zero-order valence-corrected chi connectivity index (χ0v) is 11.9. The van der Waals surface area contributed by atoms with Crippen LogP contribution in [0, 0.1) is 5.82 Å². The predicted molar refractivity (Wildman–Crippen MR) is 80.3 cm³/mol. The van der Waals surface area contributed by atoms with Gasteiger partial charge in [-0.2, -0.15) is 0 Å². The van der Waals surface area contributed by atoms with Crippen molar-refractivity contribution in [3.05, 3.63) is 59.7 Å². The predicted octanol–water partition coefficient (Wildman–Crippen LogP) is 0.923.